The van der Waals surface area contributed by atoms with Crippen molar-refractivity contribution in [1.29, 1.82) is 0 Å². The number of ether oxygens (including phenoxy) is 1. The van der Waals surface area contributed by atoms with E-state index in [9.17, 15) is 9.59 Å². The first-order valence-electron chi connectivity index (χ1n) is 7.70. The normalized spacial score (nSPS) is 18.4. The molecule has 0 saturated carbocycles. The van der Waals surface area contributed by atoms with Crippen molar-refractivity contribution in [3.8, 4) is 0 Å². The molecule has 2 rings (SSSR count). The van der Waals surface area contributed by atoms with Gasteiger partial charge in [-0.15, -0.1) is 0 Å². The average Bonchev–Trinajstić information content (AvgIpc) is 2.54. The average molecular weight is 289 g/mol. The van der Waals surface area contributed by atoms with Crippen LogP contribution in [0, 0.1) is 5.92 Å². The minimum Gasteiger partial charge on any atom is -0.466 e. The molecule has 1 atom stereocenters. The Hall–Kier alpha value is -1.84. The zero-order valence-corrected chi connectivity index (χ0v) is 12.8. The minimum absolute atomic E-state index is 0.00616. The fraction of sp³-hybridized carbons (Fsp3) is 0.529. The molecule has 1 aliphatic heterocycles. The predicted octanol–water partition coefficient (Wildman–Crippen LogP) is 2.66. The lowest BCUT2D eigenvalue weighted by Gasteiger charge is -2.31. The number of benzene rings is 1. The molecule has 1 unspecified atom stereocenters. The highest BCUT2D eigenvalue weighted by Gasteiger charge is 2.29. The van der Waals surface area contributed by atoms with Crippen LogP contribution >= 0.6 is 0 Å². The van der Waals surface area contributed by atoms with Crippen LogP contribution in [0.25, 0.3) is 0 Å². The van der Waals surface area contributed by atoms with E-state index in [1.807, 2.05) is 24.3 Å². The summed E-state index contributed by atoms with van der Waals surface area (Å²) < 4.78 is 5.07. The summed E-state index contributed by atoms with van der Waals surface area (Å²) in [6.45, 7) is 5.46. The maximum absolute atomic E-state index is 12.5. The lowest BCUT2D eigenvalue weighted by atomic mass is 9.97. The van der Waals surface area contributed by atoms with Crippen molar-refractivity contribution < 1.29 is 14.3 Å². The number of amides is 1. The molecular weight excluding hydrogens is 266 g/mol. The smallest absolute Gasteiger partial charge is 0.310 e. The Morgan fingerprint density at radius 2 is 1.95 bits per heavy atom. The van der Waals surface area contributed by atoms with Gasteiger partial charge < -0.3 is 9.64 Å². The van der Waals surface area contributed by atoms with Crippen molar-refractivity contribution in [2.75, 3.05) is 19.7 Å². The first-order chi connectivity index (χ1) is 10.2. The van der Waals surface area contributed by atoms with Gasteiger partial charge in [-0.2, -0.15) is 0 Å². The molecular formula is C17H23NO3. The van der Waals surface area contributed by atoms with E-state index in [1.54, 1.807) is 11.8 Å². The third kappa shape index (κ3) is 3.84. The highest BCUT2D eigenvalue weighted by molar-refractivity contribution is 5.94. The molecule has 1 aromatic carbocycles. The van der Waals surface area contributed by atoms with Crippen LogP contribution in [-0.2, 0) is 16.0 Å². The van der Waals surface area contributed by atoms with Gasteiger partial charge in [0, 0.05) is 18.7 Å². The Balaban J connectivity index is 2.02. The van der Waals surface area contributed by atoms with Gasteiger partial charge in [0.15, 0.2) is 0 Å². The van der Waals surface area contributed by atoms with Crippen molar-refractivity contribution in [3.63, 3.8) is 0 Å². The number of likely N-dealkylation sites (tertiary alicyclic amines) is 1. The SMILES string of the molecule is CCOC(=O)C1CCCN(C(=O)c2ccc(CC)cc2)C1. The summed E-state index contributed by atoms with van der Waals surface area (Å²) in [5.41, 5.74) is 1.91. The predicted molar refractivity (Wildman–Crippen MR) is 81.1 cm³/mol. The van der Waals surface area contributed by atoms with Gasteiger partial charge in [-0.1, -0.05) is 19.1 Å². The van der Waals surface area contributed by atoms with E-state index in [2.05, 4.69) is 6.92 Å². The number of hydrogen-bond donors (Lipinski definition) is 0. The lowest BCUT2D eigenvalue weighted by Crippen LogP contribution is -2.42. The monoisotopic (exact) mass is 289 g/mol. The van der Waals surface area contributed by atoms with Gasteiger partial charge in [0.2, 0.25) is 0 Å². The van der Waals surface area contributed by atoms with Crippen LogP contribution in [0.5, 0.6) is 0 Å². The first-order valence-corrected chi connectivity index (χ1v) is 7.70. The van der Waals surface area contributed by atoms with Gasteiger partial charge in [0.05, 0.1) is 12.5 Å². The van der Waals surface area contributed by atoms with E-state index < -0.39 is 0 Å². The molecule has 0 spiro atoms. The van der Waals surface area contributed by atoms with Crippen LogP contribution in [0.2, 0.25) is 0 Å². The summed E-state index contributed by atoms with van der Waals surface area (Å²) in [6.07, 6.45) is 2.61. The third-order valence-corrected chi connectivity index (χ3v) is 3.94. The van der Waals surface area contributed by atoms with Crippen LogP contribution in [0.15, 0.2) is 24.3 Å². The third-order valence-electron chi connectivity index (χ3n) is 3.94. The summed E-state index contributed by atoms with van der Waals surface area (Å²) in [4.78, 5) is 26.1. The lowest BCUT2D eigenvalue weighted by molar-refractivity contribution is -0.149. The number of carbonyl (C=O) groups is 2. The summed E-state index contributed by atoms with van der Waals surface area (Å²) in [5.74, 6) is -0.361. The van der Waals surface area contributed by atoms with Crippen molar-refractivity contribution in [2.24, 2.45) is 5.92 Å². The van der Waals surface area contributed by atoms with Crippen molar-refractivity contribution in [2.45, 2.75) is 33.1 Å². The summed E-state index contributed by atoms with van der Waals surface area (Å²) in [5, 5.41) is 0. The van der Waals surface area contributed by atoms with E-state index in [0.29, 0.717) is 25.3 Å². The second kappa shape index (κ2) is 7.25. The van der Waals surface area contributed by atoms with E-state index in [4.69, 9.17) is 4.74 Å². The Morgan fingerprint density at radius 1 is 1.24 bits per heavy atom. The van der Waals surface area contributed by atoms with Gasteiger partial charge in [-0.3, -0.25) is 9.59 Å². The van der Waals surface area contributed by atoms with Crippen molar-refractivity contribution in [3.05, 3.63) is 35.4 Å². The van der Waals surface area contributed by atoms with Crippen LogP contribution in [-0.4, -0.2) is 36.5 Å². The molecule has 1 aromatic rings. The fourth-order valence-electron chi connectivity index (χ4n) is 2.68. The van der Waals surface area contributed by atoms with Crippen LogP contribution in [0.4, 0.5) is 0 Å². The molecule has 0 radical (unpaired) electrons. The van der Waals surface area contributed by atoms with Gasteiger partial charge in [-0.25, -0.2) is 0 Å². The molecule has 0 aromatic heterocycles. The zero-order valence-electron chi connectivity index (χ0n) is 12.8. The molecule has 4 nitrogen and oxygen atoms in total. The van der Waals surface area contributed by atoms with Crippen LogP contribution < -0.4 is 0 Å². The van der Waals surface area contributed by atoms with E-state index in [1.165, 1.54) is 5.56 Å². The number of piperidine rings is 1. The molecule has 4 heteroatoms. The molecule has 0 bridgehead atoms. The van der Waals surface area contributed by atoms with E-state index in [0.717, 1.165) is 19.3 Å². The molecule has 1 heterocycles. The number of rotatable bonds is 4. The van der Waals surface area contributed by atoms with E-state index in [-0.39, 0.29) is 17.8 Å². The van der Waals surface area contributed by atoms with Crippen LogP contribution in [0.3, 0.4) is 0 Å². The van der Waals surface area contributed by atoms with Crippen molar-refractivity contribution >= 4 is 11.9 Å². The molecule has 1 amide bonds. The largest absolute Gasteiger partial charge is 0.466 e. The Kier molecular flexibility index (Phi) is 5.37. The van der Waals surface area contributed by atoms with Crippen molar-refractivity contribution in [1.82, 2.24) is 4.90 Å². The maximum Gasteiger partial charge on any atom is 0.310 e. The number of hydrogen-bond acceptors (Lipinski definition) is 3. The van der Waals surface area contributed by atoms with Gasteiger partial charge in [-0.05, 0) is 43.9 Å². The van der Waals surface area contributed by atoms with E-state index >= 15 is 0 Å². The molecule has 1 fully saturated rings. The molecule has 0 N–H and O–H groups in total. The summed E-state index contributed by atoms with van der Waals surface area (Å²) in [6, 6.07) is 7.71. The highest BCUT2D eigenvalue weighted by atomic mass is 16.5. The second-order valence-electron chi connectivity index (χ2n) is 5.39. The quantitative estimate of drug-likeness (QED) is 0.801. The Bertz CT molecular complexity index is 495. The molecule has 21 heavy (non-hydrogen) atoms. The Labute approximate surface area is 126 Å². The summed E-state index contributed by atoms with van der Waals surface area (Å²) >= 11 is 0. The van der Waals surface area contributed by atoms with Gasteiger partial charge in [0.25, 0.3) is 5.91 Å². The maximum atomic E-state index is 12.5. The number of carbonyl (C=O) groups excluding carboxylic acids is 2. The number of nitrogens with zero attached hydrogens (tertiary/aromatic N) is 1. The fourth-order valence-corrected chi connectivity index (χ4v) is 2.68. The topological polar surface area (TPSA) is 46.6 Å². The highest BCUT2D eigenvalue weighted by Crippen LogP contribution is 2.20. The van der Waals surface area contributed by atoms with Crippen LogP contribution in [0.1, 0.15) is 42.6 Å². The molecule has 0 aliphatic carbocycles. The zero-order chi connectivity index (χ0) is 15.2. The molecule has 1 aliphatic rings. The second-order valence-corrected chi connectivity index (χ2v) is 5.39. The van der Waals surface area contributed by atoms with Gasteiger partial charge >= 0.3 is 5.97 Å². The minimum atomic E-state index is -0.184. The van der Waals surface area contributed by atoms with Gasteiger partial charge in [0.1, 0.15) is 0 Å². The first kappa shape index (κ1) is 15.5. The molecule has 1 saturated heterocycles. The number of aryl methyl sites for hydroxylation is 1. The number of esters is 1. The summed E-state index contributed by atoms with van der Waals surface area (Å²) in [7, 11) is 0. The Morgan fingerprint density at radius 3 is 2.57 bits per heavy atom. The molecule has 114 valence electrons. The standard InChI is InChI=1S/C17H23NO3/c1-3-13-7-9-14(10-8-13)16(19)18-11-5-6-15(12-18)17(20)21-4-2/h7-10,15H,3-6,11-12H2,1-2H3.